The maximum atomic E-state index is 11.1. The van der Waals surface area contributed by atoms with Gasteiger partial charge >= 0.3 is 5.97 Å². The maximum Gasteiger partial charge on any atom is 0.303 e. The molecular weight excluding hydrogens is 577 g/mol. The fourth-order valence-electron chi connectivity index (χ4n) is 5.62. The van der Waals surface area contributed by atoms with Gasteiger partial charge in [-0.25, -0.2) is 19.9 Å². The molecular formula is C30H31Cl2N7O3. The summed E-state index contributed by atoms with van der Waals surface area (Å²) in [5.41, 5.74) is 3.49. The number of hydrogen-bond donors (Lipinski definition) is 1. The van der Waals surface area contributed by atoms with Crippen molar-refractivity contribution in [3.8, 4) is 22.9 Å². The van der Waals surface area contributed by atoms with Gasteiger partial charge < -0.3 is 19.3 Å². The Kier molecular flexibility index (Phi) is 8.28. The third kappa shape index (κ3) is 6.83. The van der Waals surface area contributed by atoms with Crippen LogP contribution in [0, 0.1) is 12.8 Å². The van der Waals surface area contributed by atoms with Gasteiger partial charge in [0.2, 0.25) is 11.8 Å². The number of aromatic nitrogens is 5. The average molecular weight is 609 g/mol. The Labute approximate surface area is 253 Å². The summed E-state index contributed by atoms with van der Waals surface area (Å²) in [6.45, 7) is 6.63. The van der Waals surface area contributed by atoms with Crippen LogP contribution >= 0.6 is 23.2 Å². The molecule has 42 heavy (non-hydrogen) atoms. The predicted octanol–water partition coefficient (Wildman–Crippen LogP) is 5.85. The molecule has 1 N–H and O–H groups in total. The van der Waals surface area contributed by atoms with E-state index in [1.165, 1.54) is 0 Å². The summed E-state index contributed by atoms with van der Waals surface area (Å²) in [5, 5.41) is 10.2. The summed E-state index contributed by atoms with van der Waals surface area (Å²) in [5.74, 6) is 2.00. The number of pyridine rings is 1. The molecule has 4 aromatic rings. The molecule has 1 fully saturated rings. The number of halogens is 2. The molecule has 1 aromatic carbocycles. The van der Waals surface area contributed by atoms with Gasteiger partial charge in [0.15, 0.2) is 5.75 Å². The Balaban J connectivity index is 1.20. The minimum atomic E-state index is -0.732. The second-order valence-corrected chi connectivity index (χ2v) is 11.8. The zero-order chi connectivity index (χ0) is 29.2. The van der Waals surface area contributed by atoms with Gasteiger partial charge in [-0.3, -0.25) is 9.69 Å². The number of likely N-dealkylation sites (tertiary alicyclic amines) is 1. The van der Waals surface area contributed by atoms with Gasteiger partial charge in [-0.1, -0.05) is 23.2 Å². The number of carboxylic acids is 1. The summed E-state index contributed by atoms with van der Waals surface area (Å²) >= 11 is 12.6. The standard InChI is InChI=1S/C30H31Cl2N7O3/c1-19-16-38-6-7-39(18-27(38)35-19)30-33-14-25(15-34-30)42-28-9-21(17-37-4-2-20(3-5-37)10-29(40)41)8-26(36-28)22-11-23(31)13-24(32)12-22/h8-9,11-16,20H,2-7,10,17-18H2,1H3,(H,40,41). The van der Waals surface area contributed by atoms with Gasteiger partial charge in [0.05, 0.1) is 30.3 Å². The van der Waals surface area contributed by atoms with Crippen molar-refractivity contribution in [1.29, 1.82) is 0 Å². The molecule has 0 saturated carbocycles. The number of fused-ring (bicyclic) bond motifs is 1. The maximum absolute atomic E-state index is 11.1. The highest BCUT2D eigenvalue weighted by atomic mass is 35.5. The van der Waals surface area contributed by atoms with Crippen LogP contribution in [0.5, 0.6) is 11.6 Å². The van der Waals surface area contributed by atoms with Gasteiger partial charge in [0, 0.05) is 53.9 Å². The molecule has 5 heterocycles. The molecule has 2 aliphatic heterocycles. The van der Waals surface area contributed by atoms with E-state index >= 15 is 0 Å². The van der Waals surface area contributed by atoms with Crippen molar-refractivity contribution in [2.24, 2.45) is 5.92 Å². The number of ether oxygens (including phenoxy) is 1. The van der Waals surface area contributed by atoms with Crippen molar-refractivity contribution in [2.45, 2.75) is 45.8 Å². The minimum Gasteiger partial charge on any atom is -0.481 e. The Morgan fingerprint density at radius 3 is 2.45 bits per heavy atom. The normalized spacial score (nSPS) is 15.9. The zero-order valence-electron chi connectivity index (χ0n) is 23.2. The highest BCUT2D eigenvalue weighted by molar-refractivity contribution is 6.35. The smallest absolute Gasteiger partial charge is 0.303 e. The van der Waals surface area contributed by atoms with Gasteiger partial charge in [-0.15, -0.1) is 0 Å². The Morgan fingerprint density at radius 1 is 1.00 bits per heavy atom. The molecule has 0 aliphatic carbocycles. The van der Waals surface area contributed by atoms with Gasteiger partial charge in [-0.2, -0.15) is 0 Å². The SMILES string of the molecule is Cc1cn2c(n1)CN(c1ncc(Oc3cc(CN4CCC(CC(=O)O)CC4)cc(-c4cc(Cl)cc(Cl)c4)n3)cn1)CC2. The van der Waals surface area contributed by atoms with E-state index in [0.29, 0.717) is 46.4 Å². The monoisotopic (exact) mass is 607 g/mol. The largest absolute Gasteiger partial charge is 0.481 e. The van der Waals surface area contributed by atoms with Crippen molar-refractivity contribution >= 4 is 35.1 Å². The van der Waals surface area contributed by atoms with Gasteiger partial charge in [0.25, 0.3) is 0 Å². The summed E-state index contributed by atoms with van der Waals surface area (Å²) in [7, 11) is 0. The van der Waals surface area contributed by atoms with Crippen LogP contribution in [0.25, 0.3) is 11.3 Å². The molecule has 2 aliphatic rings. The molecule has 0 radical (unpaired) electrons. The zero-order valence-corrected chi connectivity index (χ0v) is 24.7. The second-order valence-electron chi connectivity index (χ2n) is 10.9. The first-order chi connectivity index (χ1) is 20.3. The van der Waals surface area contributed by atoms with Crippen LogP contribution in [0.3, 0.4) is 0 Å². The molecule has 12 heteroatoms. The van der Waals surface area contributed by atoms with Crippen LogP contribution in [-0.4, -0.2) is 60.1 Å². The van der Waals surface area contributed by atoms with Crippen molar-refractivity contribution in [3.05, 3.63) is 76.0 Å². The summed E-state index contributed by atoms with van der Waals surface area (Å²) in [6, 6.07) is 9.26. The number of aryl methyl sites for hydroxylation is 1. The summed E-state index contributed by atoms with van der Waals surface area (Å²) in [6.07, 6.45) is 7.33. The lowest BCUT2D eigenvalue weighted by atomic mass is 9.93. The molecule has 0 spiro atoms. The Bertz CT molecular complexity index is 1570. The van der Waals surface area contributed by atoms with E-state index in [2.05, 4.69) is 35.5 Å². The van der Waals surface area contributed by atoms with E-state index in [-0.39, 0.29) is 12.3 Å². The summed E-state index contributed by atoms with van der Waals surface area (Å²) < 4.78 is 8.34. The molecule has 218 valence electrons. The lowest BCUT2D eigenvalue weighted by Crippen LogP contribution is -2.34. The second kappa shape index (κ2) is 12.2. The molecule has 0 unspecified atom stereocenters. The summed E-state index contributed by atoms with van der Waals surface area (Å²) in [4.78, 5) is 34.0. The number of aliphatic carboxylic acids is 1. The van der Waals surface area contributed by atoms with Crippen LogP contribution in [0.15, 0.2) is 48.9 Å². The van der Waals surface area contributed by atoms with Crippen molar-refractivity contribution in [1.82, 2.24) is 29.4 Å². The van der Waals surface area contributed by atoms with Crippen molar-refractivity contribution in [3.63, 3.8) is 0 Å². The van der Waals surface area contributed by atoms with Crippen LogP contribution in [0.4, 0.5) is 5.95 Å². The van der Waals surface area contributed by atoms with Crippen LogP contribution in [0.2, 0.25) is 10.0 Å². The lowest BCUT2D eigenvalue weighted by molar-refractivity contribution is -0.138. The highest BCUT2D eigenvalue weighted by Crippen LogP contribution is 2.31. The quantitative estimate of drug-likeness (QED) is 0.264. The first kappa shape index (κ1) is 28.4. The molecule has 0 bridgehead atoms. The van der Waals surface area contributed by atoms with E-state index in [9.17, 15) is 4.79 Å². The Morgan fingerprint density at radius 2 is 1.74 bits per heavy atom. The molecule has 3 aromatic heterocycles. The predicted molar refractivity (Wildman–Crippen MR) is 160 cm³/mol. The number of rotatable bonds is 8. The van der Waals surface area contributed by atoms with Gasteiger partial charge in [0.1, 0.15) is 5.82 Å². The van der Waals surface area contributed by atoms with Crippen LogP contribution in [-0.2, 0) is 24.4 Å². The highest BCUT2D eigenvalue weighted by Gasteiger charge is 2.23. The van der Waals surface area contributed by atoms with E-state index in [4.69, 9.17) is 38.0 Å². The first-order valence-corrected chi connectivity index (χ1v) is 14.7. The number of benzene rings is 1. The lowest BCUT2D eigenvalue weighted by Gasteiger charge is -2.31. The molecule has 10 nitrogen and oxygen atoms in total. The third-order valence-corrected chi connectivity index (χ3v) is 8.08. The van der Waals surface area contributed by atoms with Crippen molar-refractivity contribution < 1.29 is 14.6 Å². The van der Waals surface area contributed by atoms with Crippen LogP contribution < -0.4 is 9.64 Å². The topological polar surface area (TPSA) is 110 Å². The average Bonchev–Trinajstić information content (AvgIpc) is 3.33. The number of imidazole rings is 1. The fraction of sp³-hybridized carbons (Fsp3) is 0.367. The van der Waals surface area contributed by atoms with E-state index in [1.54, 1.807) is 18.5 Å². The van der Waals surface area contributed by atoms with Gasteiger partial charge in [-0.05, 0) is 68.6 Å². The number of nitrogens with zero attached hydrogens (tertiary/aromatic N) is 7. The molecule has 0 atom stereocenters. The fourth-order valence-corrected chi connectivity index (χ4v) is 6.14. The number of piperidine rings is 1. The van der Waals surface area contributed by atoms with E-state index in [1.807, 2.05) is 31.2 Å². The molecule has 1 saturated heterocycles. The number of carboxylic acid groups (broad SMARTS) is 1. The van der Waals surface area contributed by atoms with E-state index in [0.717, 1.165) is 61.7 Å². The third-order valence-electron chi connectivity index (χ3n) is 7.64. The Hall–Kier alpha value is -3.73. The molecule has 6 rings (SSSR count). The first-order valence-electron chi connectivity index (χ1n) is 14.0. The van der Waals surface area contributed by atoms with Crippen molar-refractivity contribution in [2.75, 3.05) is 24.5 Å². The van der Waals surface area contributed by atoms with Crippen LogP contribution in [0.1, 0.15) is 36.3 Å². The molecule has 0 amide bonds. The minimum absolute atomic E-state index is 0.220. The number of anilines is 1. The van der Waals surface area contributed by atoms with E-state index < -0.39 is 5.97 Å². The number of hydrogen-bond acceptors (Lipinski definition) is 8. The number of carbonyl (C=O) groups is 1.